The summed E-state index contributed by atoms with van der Waals surface area (Å²) in [6.07, 6.45) is 5.42. The van der Waals surface area contributed by atoms with Gasteiger partial charge in [-0.15, -0.1) is 0 Å². The van der Waals surface area contributed by atoms with E-state index in [-0.39, 0.29) is 11.9 Å². The van der Waals surface area contributed by atoms with E-state index in [2.05, 4.69) is 10.3 Å². The van der Waals surface area contributed by atoms with Crippen LogP contribution in [0.1, 0.15) is 41.7 Å². The van der Waals surface area contributed by atoms with Gasteiger partial charge in [0.25, 0.3) is 5.91 Å². The van der Waals surface area contributed by atoms with Gasteiger partial charge in [-0.05, 0) is 49.4 Å². The third-order valence-electron chi connectivity index (χ3n) is 4.50. The number of hydrogen-bond donors (Lipinski definition) is 1. The van der Waals surface area contributed by atoms with Gasteiger partial charge in [-0.25, -0.2) is 0 Å². The number of pyridine rings is 1. The zero-order chi connectivity index (χ0) is 17.5. The fraction of sp³-hybridized carbons (Fsp3) is 0.400. The molecule has 1 amide bonds. The molecular formula is C20H24N2O3. The van der Waals surface area contributed by atoms with Crippen molar-refractivity contribution in [1.29, 1.82) is 0 Å². The summed E-state index contributed by atoms with van der Waals surface area (Å²) < 4.78 is 11.1. The SMILES string of the molecule is CCOc1ccccc1C(=O)N[C@@H](c1cccnc1)C1CCOCC1. The summed E-state index contributed by atoms with van der Waals surface area (Å²) in [6.45, 7) is 3.89. The molecule has 2 heterocycles. The number of nitrogens with zero attached hydrogens (tertiary/aromatic N) is 1. The van der Waals surface area contributed by atoms with E-state index in [0.29, 0.717) is 23.8 Å². The molecule has 0 unspecified atom stereocenters. The molecule has 0 saturated carbocycles. The van der Waals surface area contributed by atoms with Crippen molar-refractivity contribution >= 4 is 5.91 Å². The van der Waals surface area contributed by atoms with Crippen LogP contribution in [0.15, 0.2) is 48.8 Å². The van der Waals surface area contributed by atoms with Crippen LogP contribution in [-0.2, 0) is 4.74 Å². The highest BCUT2D eigenvalue weighted by Gasteiger charge is 2.28. The quantitative estimate of drug-likeness (QED) is 0.876. The summed E-state index contributed by atoms with van der Waals surface area (Å²) in [5, 5.41) is 3.20. The lowest BCUT2D eigenvalue weighted by Gasteiger charge is -2.31. The van der Waals surface area contributed by atoms with Gasteiger partial charge in [0.2, 0.25) is 0 Å². The van der Waals surface area contributed by atoms with Gasteiger partial charge in [-0.3, -0.25) is 9.78 Å². The first-order valence-corrected chi connectivity index (χ1v) is 8.80. The first kappa shape index (κ1) is 17.4. The number of benzene rings is 1. The molecule has 1 aliphatic heterocycles. The van der Waals surface area contributed by atoms with Gasteiger partial charge in [0.05, 0.1) is 18.2 Å². The first-order chi connectivity index (χ1) is 12.3. The van der Waals surface area contributed by atoms with Crippen LogP contribution in [-0.4, -0.2) is 30.7 Å². The minimum absolute atomic E-state index is 0.0835. The molecule has 25 heavy (non-hydrogen) atoms. The minimum atomic E-state index is -0.121. The van der Waals surface area contributed by atoms with E-state index in [1.165, 1.54) is 0 Å². The summed E-state index contributed by atoms with van der Waals surface area (Å²) in [5.41, 5.74) is 1.59. The minimum Gasteiger partial charge on any atom is -0.493 e. The molecule has 1 aliphatic rings. The second-order valence-corrected chi connectivity index (χ2v) is 6.12. The van der Waals surface area contributed by atoms with Gasteiger partial charge in [0.15, 0.2) is 0 Å². The van der Waals surface area contributed by atoms with Gasteiger partial charge >= 0.3 is 0 Å². The Kier molecular flexibility index (Phi) is 6.01. The number of nitrogens with one attached hydrogen (secondary N) is 1. The van der Waals surface area contributed by atoms with E-state index in [0.717, 1.165) is 31.6 Å². The third kappa shape index (κ3) is 4.37. The van der Waals surface area contributed by atoms with Gasteiger partial charge in [-0.2, -0.15) is 0 Å². The van der Waals surface area contributed by atoms with Crippen molar-refractivity contribution in [1.82, 2.24) is 10.3 Å². The van der Waals surface area contributed by atoms with Crippen LogP contribution in [0.3, 0.4) is 0 Å². The second-order valence-electron chi connectivity index (χ2n) is 6.12. The number of hydrogen-bond acceptors (Lipinski definition) is 4. The predicted octanol–water partition coefficient (Wildman–Crippen LogP) is 3.38. The van der Waals surface area contributed by atoms with Crippen LogP contribution in [0, 0.1) is 5.92 Å². The summed E-state index contributed by atoms with van der Waals surface area (Å²) in [4.78, 5) is 17.1. The average molecular weight is 340 g/mol. The summed E-state index contributed by atoms with van der Waals surface area (Å²) >= 11 is 0. The van der Waals surface area contributed by atoms with Crippen LogP contribution in [0.5, 0.6) is 5.75 Å². The fourth-order valence-corrected chi connectivity index (χ4v) is 3.24. The molecule has 3 rings (SSSR count). The molecule has 1 saturated heterocycles. The molecule has 0 bridgehead atoms. The number of rotatable bonds is 6. The zero-order valence-electron chi connectivity index (χ0n) is 14.5. The highest BCUT2D eigenvalue weighted by molar-refractivity contribution is 5.97. The number of carbonyl (C=O) groups is 1. The van der Waals surface area contributed by atoms with Gasteiger partial charge in [0, 0.05) is 25.6 Å². The molecule has 1 N–H and O–H groups in total. The van der Waals surface area contributed by atoms with Crippen LogP contribution in [0.25, 0.3) is 0 Å². The number of para-hydroxylation sites is 1. The molecule has 0 spiro atoms. The molecule has 1 aromatic carbocycles. The Bertz CT molecular complexity index is 684. The maximum atomic E-state index is 12.9. The van der Waals surface area contributed by atoms with Crippen molar-refractivity contribution in [3.8, 4) is 5.75 Å². The normalized spacial score (nSPS) is 16.2. The summed E-state index contributed by atoms with van der Waals surface area (Å²) in [6, 6.07) is 11.2. The molecule has 132 valence electrons. The Morgan fingerprint density at radius 3 is 2.80 bits per heavy atom. The highest BCUT2D eigenvalue weighted by Crippen LogP contribution is 2.30. The van der Waals surface area contributed by atoms with E-state index in [1.807, 2.05) is 43.5 Å². The maximum Gasteiger partial charge on any atom is 0.255 e. The van der Waals surface area contributed by atoms with Gasteiger partial charge < -0.3 is 14.8 Å². The standard InChI is InChI=1S/C20H24N2O3/c1-2-25-18-8-4-3-7-17(18)20(23)22-19(15-9-12-24-13-10-15)16-6-5-11-21-14-16/h3-8,11,14-15,19H,2,9-10,12-13H2,1H3,(H,22,23)/t19-/m1/s1. The van der Waals surface area contributed by atoms with Crippen molar-refractivity contribution < 1.29 is 14.3 Å². The van der Waals surface area contributed by atoms with E-state index in [9.17, 15) is 4.79 Å². The van der Waals surface area contributed by atoms with Gasteiger partial charge in [-0.1, -0.05) is 18.2 Å². The topological polar surface area (TPSA) is 60.5 Å². The van der Waals surface area contributed by atoms with E-state index >= 15 is 0 Å². The van der Waals surface area contributed by atoms with Crippen molar-refractivity contribution in [2.75, 3.05) is 19.8 Å². The first-order valence-electron chi connectivity index (χ1n) is 8.80. The summed E-state index contributed by atoms with van der Waals surface area (Å²) in [5.74, 6) is 0.824. The number of carbonyl (C=O) groups excluding carboxylic acids is 1. The van der Waals surface area contributed by atoms with Crippen molar-refractivity contribution in [2.24, 2.45) is 5.92 Å². The smallest absolute Gasteiger partial charge is 0.255 e. The molecule has 1 fully saturated rings. The van der Waals surface area contributed by atoms with E-state index < -0.39 is 0 Å². The lowest BCUT2D eigenvalue weighted by molar-refractivity contribution is 0.0513. The number of amides is 1. The number of aromatic nitrogens is 1. The molecule has 1 atom stereocenters. The molecule has 0 aliphatic carbocycles. The maximum absolute atomic E-state index is 12.9. The monoisotopic (exact) mass is 340 g/mol. The molecular weight excluding hydrogens is 316 g/mol. The van der Waals surface area contributed by atoms with Crippen molar-refractivity contribution in [3.63, 3.8) is 0 Å². The largest absolute Gasteiger partial charge is 0.493 e. The van der Waals surface area contributed by atoms with Crippen molar-refractivity contribution in [3.05, 3.63) is 59.9 Å². The molecule has 5 nitrogen and oxygen atoms in total. The Labute approximate surface area is 148 Å². The Morgan fingerprint density at radius 2 is 2.08 bits per heavy atom. The second kappa shape index (κ2) is 8.62. The molecule has 5 heteroatoms. The third-order valence-corrected chi connectivity index (χ3v) is 4.50. The lowest BCUT2D eigenvalue weighted by atomic mass is 9.87. The van der Waals surface area contributed by atoms with E-state index in [4.69, 9.17) is 9.47 Å². The number of ether oxygens (including phenoxy) is 2. The predicted molar refractivity (Wildman–Crippen MR) is 95.6 cm³/mol. The van der Waals surface area contributed by atoms with Crippen LogP contribution in [0.4, 0.5) is 0 Å². The zero-order valence-corrected chi connectivity index (χ0v) is 14.5. The van der Waals surface area contributed by atoms with Crippen molar-refractivity contribution in [2.45, 2.75) is 25.8 Å². The highest BCUT2D eigenvalue weighted by atomic mass is 16.5. The Hall–Kier alpha value is -2.40. The Balaban J connectivity index is 1.83. The average Bonchev–Trinajstić information content (AvgIpc) is 2.68. The Morgan fingerprint density at radius 1 is 1.28 bits per heavy atom. The lowest BCUT2D eigenvalue weighted by Crippen LogP contribution is -2.36. The van der Waals surface area contributed by atoms with Crippen LogP contribution < -0.4 is 10.1 Å². The molecule has 2 aromatic rings. The van der Waals surface area contributed by atoms with Crippen LogP contribution >= 0.6 is 0 Å². The van der Waals surface area contributed by atoms with Gasteiger partial charge in [0.1, 0.15) is 5.75 Å². The molecule has 1 aromatic heterocycles. The van der Waals surface area contributed by atoms with E-state index in [1.54, 1.807) is 12.3 Å². The van der Waals surface area contributed by atoms with Crippen LogP contribution in [0.2, 0.25) is 0 Å². The fourth-order valence-electron chi connectivity index (χ4n) is 3.24. The summed E-state index contributed by atoms with van der Waals surface area (Å²) in [7, 11) is 0. The molecule has 0 radical (unpaired) electrons.